The molecule has 0 fully saturated rings. The molecule has 1 aliphatic rings. The van der Waals surface area contributed by atoms with Crippen molar-refractivity contribution in [2.45, 2.75) is 5.54 Å². The summed E-state index contributed by atoms with van der Waals surface area (Å²) in [7, 11) is 0. The lowest BCUT2D eigenvalue weighted by Crippen LogP contribution is -2.39. The lowest BCUT2D eigenvalue weighted by Gasteiger charge is -2.36. The molecule has 22 heavy (non-hydrogen) atoms. The van der Waals surface area contributed by atoms with Crippen LogP contribution in [0.5, 0.6) is 0 Å². The number of nitrogens with one attached hydrogen (secondary N) is 1. The van der Waals surface area contributed by atoms with E-state index in [1.807, 2.05) is 36.5 Å². The summed E-state index contributed by atoms with van der Waals surface area (Å²) >= 11 is 0. The number of para-hydroxylation sites is 2. The van der Waals surface area contributed by atoms with Crippen molar-refractivity contribution in [1.29, 1.82) is 0 Å². The zero-order valence-corrected chi connectivity index (χ0v) is 12.1. The van der Waals surface area contributed by atoms with Crippen molar-refractivity contribution in [3.05, 3.63) is 96.1 Å². The van der Waals surface area contributed by atoms with Crippen molar-refractivity contribution in [2.24, 2.45) is 4.99 Å². The highest BCUT2D eigenvalue weighted by Gasteiger charge is 2.35. The molecule has 0 spiro atoms. The SMILES string of the molecule is C1=Nc2ccccc2NC1(c1ccccc1)c1ccccc1. The van der Waals surface area contributed by atoms with Crippen LogP contribution in [0.4, 0.5) is 11.4 Å². The molecule has 0 aromatic heterocycles. The topological polar surface area (TPSA) is 24.4 Å². The molecule has 1 heterocycles. The molecule has 3 aromatic carbocycles. The number of aliphatic imine (C=N–C) groups is 1. The van der Waals surface area contributed by atoms with Gasteiger partial charge < -0.3 is 5.32 Å². The van der Waals surface area contributed by atoms with Gasteiger partial charge in [0, 0.05) is 6.21 Å². The van der Waals surface area contributed by atoms with Crippen molar-refractivity contribution < 1.29 is 0 Å². The Morgan fingerprint density at radius 1 is 0.636 bits per heavy atom. The van der Waals surface area contributed by atoms with Crippen LogP contribution in [0.1, 0.15) is 11.1 Å². The van der Waals surface area contributed by atoms with Crippen LogP contribution in [0.25, 0.3) is 0 Å². The van der Waals surface area contributed by atoms with Crippen LogP contribution in [-0.2, 0) is 5.54 Å². The largest absolute Gasteiger partial charge is 0.365 e. The Hall–Kier alpha value is -2.87. The molecule has 0 saturated carbocycles. The average Bonchev–Trinajstić information content (AvgIpc) is 2.63. The fraction of sp³-hybridized carbons (Fsp3) is 0.0500. The highest BCUT2D eigenvalue weighted by atomic mass is 15.0. The number of fused-ring (bicyclic) bond motifs is 1. The number of hydrogen-bond donors (Lipinski definition) is 1. The summed E-state index contributed by atoms with van der Waals surface area (Å²) in [6.07, 6.45) is 2.01. The Morgan fingerprint density at radius 2 is 1.18 bits per heavy atom. The average molecular weight is 284 g/mol. The lowest BCUT2D eigenvalue weighted by molar-refractivity contribution is 0.802. The summed E-state index contributed by atoms with van der Waals surface area (Å²) in [5.41, 5.74) is 3.96. The third-order valence-corrected chi connectivity index (χ3v) is 4.09. The van der Waals surface area contributed by atoms with Gasteiger partial charge in [-0.1, -0.05) is 72.8 Å². The number of hydrogen-bond acceptors (Lipinski definition) is 2. The van der Waals surface area contributed by atoms with Crippen LogP contribution in [0, 0.1) is 0 Å². The summed E-state index contributed by atoms with van der Waals surface area (Å²) in [5.74, 6) is 0. The van der Waals surface area contributed by atoms with Crippen LogP contribution in [0.3, 0.4) is 0 Å². The van der Waals surface area contributed by atoms with Gasteiger partial charge in [-0.05, 0) is 23.3 Å². The zero-order chi connectivity index (χ0) is 14.8. The molecular weight excluding hydrogens is 268 g/mol. The Kier molecular flexibility index (Phi) is 3.01. The molecule has 0 radical (unpaired) electrons. The van der Waals surface area contributed by atoms with Crippen molar-refractivity contribution in [3.63, 3.8) is 0 Å². The van der Waals surface area contributed by atoms with E-state index in [0.717, 1.165) is 11.4 Å². The van der Waals surface area contributed by atoms with E-state index in [0.29, 0.717) is 0 Å². The Balaban J connectivity index is 1.93. The predicted octanol–water partition coefficient (Wildman–Crippen LogP) is 4.76. The first-order valence-corrected chi connectivity index (χ1v) is 7.42. The van der Waals surface area contributed by atoms with Gasteiger partial charge in [-0.2, -0.15) is 0 Å². The number of nitrogens with zero attached hydrogens (tertiary/aromatic N) is 1. The highest BCUT2D eigenvalue weighted by molar-refractivity contribution is 5.91. The minimum atomic E-state index is -0.434. The van der Waals surface area contributed by atoms with Gasteiger partial charge in [0.05, 0.1) is 11.4 Å². The van der Waals surface area contributed by atoms with Crippen LogP contribution in [0.15, 0.2) is 89.9 Å². The molecule has 2 heteroatoms. The maximum Gasteiger partial charge on any atom is 0.124 e. The van der Waals surface area contributed by atoms with Crippen LogP contribution in [0.2, 0.25) is 0 Å². The molecule has 0 aliphatic carbocycles. The van der Waals surface area contributed by atoms with Gasteiger partial charge >= 0.3 is 0 Å². The van der Waals surface area contributed by atoms with Crippen LogP contribution >= 0.6 is 0 Å². The first-order chi connectivity index (χ1) is 10.9. The second-order valence-electron chi connectivity index (χ2n) is 5.44. The maximum absolute atomic E-state index is 4.71. The third kappa shape index (κ3) is 2.01. The van der Waals surface area contributed by atoms with Gasteiger partial charge in [0.2, 0.25) is 0 Å². The van der Waals surface area contributed by atoms with Crippen LogP contribution < -0.4 is 5.32 Å². The van der Waals surface area contributed by atoms with Gasteiger partial charge in [-0.15, -0.1) is 0 Å². The molecule has 4 rings (SSSR count). The Bertz CT molecular complexity index is 768. The van der Waals surface area contributed by atoms with E-state index in [1.165, 1.54) is 11.1 Å². The number of anilines is 1. The van der Waals surface area contributed by atoms with E-state index in [4.69, 9.17) is 4.99 Å². The first kappa shape index (κ1) is 12.8. The van der Waals surface area contributed by atoms with Crippen LogP contribution in [-0.4, -0.2) is 6.21 Å². The summed E-state index contributed by atoms with van der Waals surface area (Å²) in [6.45, 7) is 0. The summed E-state index contributed by atoms with van der Waals surface area (Å²) in [4.78, 5) is 4.71. The van der Waals surface area contributed by atoms with Gasteiger partial charge in [0.15, 0.2) is 0 Å². The van der Waals surface area contributed by atoms with Gasteiger partial charge in [-0.3, -0.25) is 4.99 Å². The second kappa shape index (κ2) is 5.15. The molecule has 1 aliphatic heterocycles. The minimum absolute atomic E-state index is 0.434. The van der Waals surface area contributed by atoms with Crippen molar-refractivity contribution >= 4 is 17.6 Å². The van der Waals surface area contributed by atoms with Gasteiger partial charge in [-0.25, -0.2) is 0 Å². The highest BCUT2D eigenvalue weighted by Crippen LogP contribution is 2.39. The zero-order valence-electron chi connectivity index (χ0n) is 12.1. The Morgan fingerprint density at radius 3 is 1.82 bits per heavy atom. The normalized spacial score (nSPS) is 14.9. The molecule has 0 saturated heterocycles. The number of benzene rings is 3. The fourth-order valence-electron chi connectivity index (χ4n) is 2.97. The molecule has 106 valence electrons. The van der Waals surface area contributed by atoms with Gasteiger partial charge in [0.1, 0.15) is 5.54 Å². The van der Waals surface area contributed by atoms with E-state index in [1.54, 1.807) is 0 Å². The van der Waals surface area contributed by atoms with Crippen molar-refractivity contribution in [1.82, 2.24) is 0 Å². The molecule has 0 unspecified atom stereocenters. The van der Waals surface area contributed by atoms with E-state index in [9.17, 15) is 0 Å². The maximum atomic E-state index is 4.71. The first-order valence-electron chi connectivity index (χ1n) is 7.42. The quantitative estimate of drug-likeness (QED) is 0.721. The number of rotatable bonds is 2. The molecule has 3 aromatic rings. The smallest absolute Gasteiger partial charge is 0.124 e. The standard InChI is InChI=1S/C20H16N2/c1-3-9-16(10-4-1)20(17-11-5-2-6-12-17)15-21-18-13-7-8-14-19(18)22-20/h1-15,22H. The fourth-order valence-corrected chi connectivity index (χ4v) is 2.97. The molecule has 0 atom stereocenters. The molecule has 0 amide bonds. The van der Waals surface area contributed by atoms with Gasteiger partial charge in [0.25, 0.3) is 0 Å². The molecular formula is C20H16N2. The minimum Gasteiger partial charge on any atom is -0.365 e. The summed E-state index contributed by atoms with van der Waals surface area (Å²) < 4.78 is 0. The monoisotopic (exact) mass is 284 g/mol. The van der Waals surface area contributed by atoms with E-state index >= 15 is 0 Å². The molecule has 2 nitrogen and oxygen atoms in total. The van der Waals surface area contributed by atoms with Crippen molar-refractivity contribution in [3.8, 4) is 0 Å². The predicted molar refractivity (Wildman–Crippen MR) is 91.9 cm³/mol. The van der Waals surface area contributed by atoms with E-state index in [2.05, 4.69) is 59.9 Å². The van der Waals surface area contributed by atoms with E-state index in [-0.39, 0.29) is 0 Å². The summed E-state index contributed by atoms with van der Waals surface area (Å²) in [6, 6.07) is 29.0. The third-order valence-electron chi connectivity index (χ3n) is 4.09. The second-order valence-corrected chi connectivity index (χ2v) is 5.44. The molecule has 1 N–H and O–H groups in total. The molecule has 0 bridgehead atoms. The summed E-state index contributed by atoms with van der Waals surface area (Å²) in [5, 5.41) is 3.69. The van der Waals surface area contributed by atoms with Crippen molar-refractivity contribution in [2.75, 3.05) is 5.32 Å². The lowest BCUT2D eigenvalue weighted by atomic mass is 9.82. The van der Waals surface area contributed by atoms with E-state index < -0.39 is 5.54 Å². The Labute approximate surface area is 130 Å².